The summed E-state index contributed by atoms with van der Waals surface area (Å²) in [6, 6.07) is 0.0122. The maximum absolute atomic E-state index is 12.1. The van der Waals surface area contributed by atoms with Gasteiger partial charge in [0.2, 0.25) is 5.91 Å². The molecule has 1 atom stereocenters. The standard InChI is InChI=1S/C12H25N3O/c1-9(2)11(13)12(16)15(4)10-5-7-14(3)8-6-10/h9-11H,5-8,13H2,1-4H3. The zero-order chi connectivity index (χ0) is 12.3. The predicted octanol–water partition coefficient (Wildman–Crippen LogP) is 0.522. The number of rotatable bonds is 3. The third-order valence-corrected chi connectivity index (χ3v) is 3.59. The van der Waals surface area contributed by atoms with E-state index in [-0.39, 0.29) is 17.9 Å². The number of likely N-dealkylation sites (N-methyl/N-ethyl adjacent to an activating group) is 1. The van der Waals surface area contributed by atoms with Gasteiger partial charge < -0.3 is 15.5 Å². The number of nitrogens with two attached hydrogens (primary N) is 1. The maximum Gasteiger partial charge on any atom is 0.239 e. The number of amides is 1. The van der Waals surface area contributed by atoms with Gasteiger partial charge in [0.05, 0.1) is 6.04 Å². The van der Waals surface area contributed by atoms with Crippen molar-refractivity contribution in [2.75, 3.05) is 27.2 Å². The SMILES string of the molecule is CC(C)C(N)C(=O)N(C)C1CCN(C)CC1. The van der Waals surface area contributed by atoms with Crippen LogP contribution in [0.5, 0.6) is 0 Å². The average Bonchev–Trinajstić information content (AvgIpc) is 2.27. The first-order chi connectivity index (χ1) is 7.43. The van der Waals surface area contributed by atoms with Crippen molar-refractivity contribution in [3.63, 3.8) is 0 Å². The summed E-state index contributed by atoms with van der Waals surface area (Å²) >= 11 is 0. The Morgan fingerprint density at radius 3 is 2.31 bits per heavy atom. The van der Waals surface area contributed by atoms with Crippen LogP contribution in [0, 0.1) is 5.92 Å². The topological polar surface area (TPSA) is 49.6 Å². The van der Waals surface area contributed by atoms with E-state index in [1.807, 2.05) is 25.8 Å². The summed E-state index contributed by atoms with van der Waals surface area (Å²) in [5.41, 5.74) is 5.89. The molecule has 1 unspecified atom stereocenters. The molecule has 0 saturated carbocycles. The minimum Gasteiger partial charge on any atom is -0.341 e. The lowest BCUT2D eigenvalue weighted by molar-refractivity contribution is -0.135. The Kier molecular flexibility index (Phi) is 4.74. The third kappa shape index (κ3) is 3.19. The van der Waals surface area contributed by atoms with Crippen molar-refractivity contribution in [1.29, 1.82) is 0 Å². The highest BCUT2D eigenvalue weighted by molar-refractivity contribution is 5.81. The van der Waals surface area contributed by atoms with Crippen molar-refractivity contribution in [3.8, 4) is 0 Å². The van der Waals surface area contributed by atoms with Crippen LogP contribution in [0.3, 0.4) is 0 Å². The van der Waals surface area contributed by atoms with E-state index in [1.165, 1.54) is 0 Å². The van der Waals surface area contributed by atoms with Gasteiger partial charge in [0.1, 0.15) is 0 Å². The van der Waals surface area contributed by atoms with E-state index in [1.54, 1.807) is 0 Å². The number of carbonyl (C=O) groups excluding carboxylic acids is 1. The first kappa shape index (κ1) is 13.5. The van der Waals surface area contributed by atoms with E-state index < -0.39 is 0 Å². The molecule has 2 N–H and O–H groups in total. The first-order valence-corrected chi connectivity index (χ1v) is 6.14. The summed E-state index contributed by atoms with van der Waals surface area (Å²) in [5.74, 6) is 0.297. The molecule has 1 fully saturated rings. The molecule has 1 heterocycles. The normalized spacial score (nSPS) is 21.1. The number of hydrogen-bond acceptors (Lipinski definition) is 3. The van der Waals surface area contributed by atoms with Crippen LogP contribution in [-0.2, 0) is 4.79 Å². The minimum absolute atomic E-state index is 0.0875. The second-order valence-electron chi connectivity index (χ2n) is 5.25. The number of nitrogens with zero attached hydrogens (tertiary/aromatic N) is 2. The summed E-state index contributed by atoms with van der Waals surface area (Å²) in [6.07, 6.45) is 2.12. The molecular weight excluding hydrogens is 202 g/mol. The monoisotopic (exact) mass is 227 g/mol. The van der Waals surface area contributed by atoms with E-state index in [2.05, 4.69) is 11.9 Å². The van der Waals surface area contributed by atoms with Gasteiger partial charge in [0.15, 0.2) is 0 Å². The van der Waals surface area contributed by atoms with Gasteiger partial charge in [-0.25, -0.2) is 0 Å². The summed E-state index contributed by atoms with van der Waals surface area (Å²) in [7, 11) is 4.01. The van der Waals surface area contributed by atoms with Gasteiger partial charge in [-0.2, -0.15) is 0 Å². The Bertz CT molecular complexity index is 234. The molecule has 1 aliphatic rings. The fraction of sp³-hybridized carbons (Fsp3) is 0.917. The fourth-order valence-electron chi connectivity index (χ4n) is 2.08. The van der Waals surface area contributed by atoms with E-state index in [4.69, 9.17) is 5.73 Å². The zero-order valence-electron chi connectivity index (χ0n) is 10.9. The highest BCUT2D eigenvalue weighted by Crippen LogP contribution is 2.15. The number of likely N-dealkylation sites (tertiary alicyclic amines) is 1. The van der Waals surface area contributed by atoms with Crippen LogP contribution in [0.4, 0.5) is 0 Å². The Morgan fingerprint density at radius 1 is 1.38 bits per heavy atom. The maximum atomic E-state index is 12.1. The molecule has 0 radical (unpaired) electrons. The van der Waals surface area contributed by atoms with Crippen molar-refractivity contribution in [3.05, 3.63) is 0 Å². The minimum atomic E-state index is -0.357. The number of carbonyl (C=O) groups is 1. The first-order valence-electron chi connectivity index (χ1n) is 6.14. The molecule has 1 aliphatic heterocycles. The van der Waals surface area contributed by atoms with Crippen LogP contribution in [-0.4, -0.2) is 55.0 Å². The fourth-order valence-corrected chi connectivity index (χ4v) is 2.08. The van der Waals surface area contributed by atoms with Crippen molar-refractivity contribution in [2.45, 2.75) is 38.8 Å². The largest absolute Gasteiger partial charge is 0.341 e. The molecule has 0 aromatic carbocycles. The Labute approximate surface area is 98.8 Å². The Morgan fingerprint density at radius 2 is 1.88 bits per heavy atom. The lowest BCUT2D eigenvalue weighted by Gasteiger charge is -2.36. The second-order valence-corrected chi connectivity index (χ2v) is 5.25. The quantitative estimate of drug-likeness (QED) is 0.765. The van der Waals surface area contributed by atoms with Crippen LogP contribution >= 0.6 is 0 Å². The third-order valence-electron chi connectivity index (χ3n) is 3.59. The van der Waals surface area contributed by atoms with E-state index in [0.717, 1.165) is 25.9 Å². The number of piperidine rings is 1. The molecule has 16 heavy (non-hydrogen) atoms. The molecule has 0 aliphatic carbocycles. The lowest BCUT2D eigenvalue weighted by atomic mass is 10.00. The second kappa shape index (κ2) is 5.64. The van der Waals surface area contributed by atoms with Crippen molar-refractivity contribution >= 4 is 5.91 Å². The lowest BCUT2D eigenvalue weighted by Crippen LogP contribution is -2.51. The molecule has 4 nitrogen and oxygen atoms in total. The van der Waals surface area contributed by atoms with Crippen LogP contribution in [0.2, 0.25) is 0 Å². The summed E-state index contributed by atoms with van der Waals surface area (Å²) in [6.45, 7) is 6.12. The van der Waals surface area contributed by atoms with Gasteiger partial charge in [-0.15, -0.1) is 0 Å². The molecule has 94 valence electrons. The predicted molar refractivity (Wildman–Crippen MR) is 66.1 cm³/mol. The van der Waals surface area contributed by atoms with Gasteiger partial charge in [-0.1, -0.05) is 13.8 Å². The smallest absolute Gasteiger partial charge is 0.239 e. The van der Waals surface area contributed by atoms with Crippen LogP contribution in [0.25, 0.3) is 0 Å². The molecule has 0 aromatic heterocycles. The molecule has 4 heteroatoms. The Hall–Kier alpha value is -0.610. The van der Waals surface area contributed by atoms with E-state index in [0.29, 0.717) is 6.04 Å². The van der Waals surface area contributed by atoms with E-state index in [9.17, 15) is 4.79 Å². The molecular formula is C12H25N3O. The number of hydrogen-bond donors (Lipinski definition) is 1. The molecule has 1 rings (SSSR count). The van der Waals surface area contributed by atoms with Gasteiger partial charge in [-0.3, -0.25) is 4.79 Å². The van der Waals surface area contributed by atoms with Crippen LogP contribution in [0.15, 0.2) is 0 Å². The highest BCUT2D eigenvalue weighted by atomic mass is 16.2. The van der Waals surface area contributed by atoms with Crippen LogP contribution in [0.1, 0.15) is 26.7 Å². The summed E-state index contributed by atoms with van der Waals surface area (Å²) < 4.78 is 0. The van der Waals surface area contributed by atoms with Crippen molar-refractivity contribution in [2.24, 2.45) is 11.7 Å². The van der Waals surface area contributed by atoms with Gasteiger partial charge in [-0.05, 0) is 38.9 Å². The molecule has 1 saturated heterocycles. The average molecular weight is 227 g/mol. The molecule has 0 spiro atoms. The van der Waals surface area contributed by atoms with E-state index >= 15 is 0 Å². The summed E-state index contributed by atoms with van der Waals surface area (Å²) in [4.78, 5) is 16.2. The molecule has 1 amide bonds. The van der Waals surface area contributed by atoms with Crippen molar-refractivity contribution in [1.82, 2.24) is 9.80 Å². The Balaban J connectivity index is 2.50. The zero-order valence-corrected chi connectivity index (χ0v) is 10.9. The molecule has 0 bridgehead atoms. The highest BCUT2D eigenvalue weighted by Gasteiger charge is 2.28. The van der Waals surface area contributed by atoms with Crippen molar-refractivity contribution < 1.29 is 4.79 Å². The summed E-state index contributed by atoms with van der Waals surface area (Å²) in [5, 5.41) is 0. The van der Waals surface area contributed by atoms with Gasteiger partial charge in [0, 0.05) is 13.1 Å². The van der Waals surface area contributed by atoms with Gasteiger partial charge >= 0.3 is 0 Å². The van der Waals surface area contributed by atoms with Gasteiger partial charge in [0.25, 0.3) is 0 Å². The molecule has 0 aromatic rings. The van der Waals surface area contributed by atoms with Crippen LogP contribution < -0.4 is 5.73 Å².